The van der Waals surface area contributed by atoms with E-state index in [1.165, 1.54) is 0 Å². The van der Waals surface area contributed by atoms with E-state index in [4.69, 9.17) is 14.2 Å². The van der Waals surface area contributed by atoms with E-state index in [2.05, 4.69) is 5.32 Å². The zero-order valence-electron chi connectivity index (χ0n) is 23.5. The van der Waals surface area contributed by atoms with Gasteiger partial charge < -0.3 is 24.6 Å². The van der Waals surface area contributed by atoms with Crippen LogP contribution in [0.4, 0.5) is 4.79 Å². The molecule has 4 rings (SSSR count). The lowest BCUT2D eigenvalue weighted by molar-refractivity contribution is -0.141. The largest absolute Gasteiger partial charge is 0.507 e. The van der Waals surface area contributed by atoms with Gasteiger partial charge in [0.05, 0.1) is 6.04 Å². The number of aliphatic hydroxyl groups excluding tert-OH is 1. The third kappa shape index (κ3) is 8.45. The molecule has 0 fully saturated rings. The van der Waals surface area contributed by atoms with Crippen molar-refractivity contribution in [3.63, 3.8) is 0 Å². The van der Waals surface area contributed by atoms with E-state index in [0.29, 0.717) is 30.8 Å². The Morgan fingerprint density at radius 3 is 2.12 bits per heavy atom. The van der Waals surface area contributed by atoms with E-state index < -0.39 is 46.9 Å². The highest BCUT2D eigenvalue weighted by Gasteiger charge is 2.41. The summed E-state index contributed by atoms with van der Waals surface area (Å²) in [7, 11) is 0. The molecule has 0 saturated heterocycles. The van der Waals surface area contributed by atoms with Crippen LogP contribution in [-0.4, -0.2) is 40.7 Å². The van der Waals surface area contributed by atoms with Gasteiger partial charge in [0.2, 0.25) is 0 Å². The lowest BCUT2D eigenvalue weighted by atomic mass is 9.96. The number of Topliss-reactive ketones (excluding diaryl/α,β-unsaturated/α-hetero) is 1. The molecule has 3 aromatic carbocycles. The number of nitrogens with one attached hydrogen (secondary N) is 1. The highest BCUT2D eigenvalue weighted by Crippen LogP contribution is 2.27. The van der Waals surface area contributed by atoms with Crippen LogP contribution < -0.4 is 10.1 Å². The van der Waals surface area contributed by atoms with Crippen molar-refractivity contribution in [2.24, 2.45) is 0 Å². The fraction of sp³-hybridized carbons (Fsp3) is 0.303. The number of ether oxygens (including phenoxy) is 3. The van der Waals surface area contributed by atoms with E-state index in [1.807, 2.05) is 60.7 Å². The number of amides is 1. The predicted molar refractivity (Wildman–Crippen MR) is 153 cm³/mol. The number of alkyl carbamates (subject to hydrolysis) is 1. The molecule has 0 bridgehead atoms. The summed E-state index contributed by atoms with van der Waals surface area (Å²) in [6.07, 6.45) is -0.846. The van der Waals surface area contributed by atoms with Crippen LogP contribution in [0.5, 0.6) is 5.75 Å². The summed E-state index contributed by atoms with van der Waals surface area (Å²) in [4.78, 5) is 39.0. The summed E-state index contributed by atoms with van der Waals surface area (Å²) in [6, 6.07) is 25.2. The van der Waals surface area contributed by atoms with Crippen molar-refractivity contribution < 1.29 is 33.7 Å². The van der Waals surface area contributed by atoms with E-state index in [1.54, 1.807) is 45.0 Å². The fourth-order valence-electron chi connectivity index (χ4n) is 4.41. The van der Waals surface area contributed by atoms with E-state index in [-0.39, 0.29) is 6.42 Å². The van der Waals surface area contributed by atoms with Gasteiger partial charge in [0.25, 0.3) is 0 Å². The van der Waals surface area contributed by atoms with Gasteiger partial charge in [0, 0.05) is 6.42 Å². The predicted octanol–water partition coefficient (Wildman–Crippen LogP) is 5.64. The molecule has 0 spiro atoms. The average Bonchev–Trinajstić information content (AvgIpc) is 3.23. The summed E-state index contributed by atoms with van der Waals surface area (Å²) in [5, 5.41) is 13.4. The number of aliphatic hydroxyl groups is 1. The minimum absolute atomic E-state index is 0.0514. The molecule has 0 saturated carbocycles. The SMILES string of the molecule is CC(C)(C)OC(=O)N[C@H](Cc1ccc(OCc2ccccc2)cc1)C(=O)C1=C(O)[C@H](CCc2ccccc2)OC1=O. The molecule has 1 amide bonds. The van der Waals surface area contributed by atoms with Gasteiger partial charge in [-0.2, -0.15) is 0 Å². The number of carbonyl (C=O) groups is 3. The standard InChI is InChI=1S/C33H35NO7/c1-33(2,3)41-32(38)34-26(20-23-14-17-25(18-15-23)39-21-24-12-8-5-9-13-24)29(35)28-30(36)27(40-31(28)37)19-16-22-10-6-4-7-11-22/h4-15,17-18,26-27,36H,16,19-21H2,1-3H3,(H,34,38)/t26-,27+/m1/s1. The van der Waals surface area contributed by atoms with Crippen molar-refractivity contribution in [1.82, 2.24) is 5.32 Å². The van der Waals surface area contributed by atoms with Crippen LogP contribution in [0, 0.1) is 0 Å². The molecule has 2 N–H and O–H groups in total. The van der Waals surface area contributed by atoms with Crippen LogP contribution in [0.15, 0.2) is 96.3 Å². The summed E-state index contributed by atoms with van der Waals surface area (Å²) in [5.74, 6) is -1.44. The highest BCUT2D eigenvalue weighted by molar-refractivity contribution is 6.21. The van der Waals surface area contributed by atoms with Gasteiger partial charge in [-0.1, -0.05) is 72.8 Å². The Hall–Kier alpha value is -4.59. The second-order valence-corrected chi connectivity index (χ2v) is 10.9. The van der Waals surface area contributed by atoms with Gasteiger partial charge in [-0.25, -0.2) is 9.59 Å². The maximum Gasteiger partial charge on any atom is 0.408 e. The Labute approximate surface area is 239 Å². The molecule has 0 aliphatic carbocycles. The first-order valence-corrected chi connectivity index (χ1v) is 13.6. The molecule has 1 heterocycles. The number of cyclic esters (lactones) is 1. The highest BCUT2D eigenvalue weighted by atomic mass is 16.6. The molecular formula is C33H35NO7. The normalized spacial score (nSPS) is 15.7. The monoisotopic (exact) mass is 557 g/mol. The lowest BCUT2D eigenvalue weighted by Gasteiger charge is -2.23. The van der Waals surface area contributed by atoms with Gasteiger partial charge in [-0.05, 0) is 62.4 Å². The van der Waals surface area contributed by atoms with Gasteiger partial charge in [-0.3, -0.25) is 4.79 Å². The van der Waals surface area contributed by atoms with Crippen molar-refractivity contribution in [3.05, 3.63) is 113 Å². The Morgan fingerprint density at radius 1 is 0.902 bits per heavy atom. The first kappa shape index (κ1) is 29.4. The van der Waals surface area contributed by atoms with Crippen molar-refractivity contribution in [3.8, 4) is 5.75 Å². The number of ketones is 1. The zero-order valence-corrected chi connectivity index (χ0v) is 23.5. The molecule has 3 aromatic rings. The first-order chi connectivity index (χ1) is 19.6. The number of hydrogen-bond donors (Lipinski definition) is 2. The molecular weight excluding hydrogens is 522 g/mol. The van der Waals surface area contributed by atoms with Gasteiger partial charge in [-0.15, -0.1) is 0 Å². The van der Waals surface area contributed by atoms with Crippen molar-refractivity contribution in [2.45, 2.75) is 64.4 Å². The quantitative estimate of drug-likeness (QED) is 0.232. The number of carbonyl (C=O) groups excluding carboxylic acids is 3. The van der Waals surface area contributed by atoms with E-state index >= 15 is 0 Å². The smallest absolute Gasteiger partial charge is 0.408 e. The van der Waals surface area contributed by atoms with Gasteiger partial charge in [0.1, 0.15) is 23.5 Å². The molecule has 0 unspecified atom stereocenters. The van der Waals surface area contributed by atoms with Gasteiger partial charge in [0.15, 0.2) is 17.6 Å². The number of hydrogen-bond acceptors (Lipinski definition) is 7. The lowest BCUT2D eigenvalue weighted by Crippen LogP contribution is -2.46. The van der Waals surface area contributed by atoms with Gasteiger partial charge >= 0.3 is 12.1 Å². The topological polar surface area (TPSA) is 111 Å². The van der Waals surface area contributed by atoms with Crippen LogP contribution >= 0.6 is 0 Å². The third-order valence-corrected chi connectivity index (χ3v) is 6.42. The van der Waals surface area contributed by atoms with Crippen molar-refractivity contribution in [1.29, 1.82) is 0 Å². The minimum atomic E-state index is -1.18. The number of benzene rings is 3. The molecule has 0 aromatic heterocycles. The van der Waals surface area contributed by atoms with Crippen LogP contribution in [0.2, 0.25) is 0 Å². The van der Waals surface area contributed by atoms with E-state index in [0.717, 1.165) is 11.1 Å². The summed E-state index contributed by atoms with van der Waals surface area (Å²) in [5.41, 5.74) is 1.50. The number of rotatable bonds is 11. The molecule has 2 atom stereocenters. The fourth-order valence-corrected chi connectivity index (χ4v) is 4.41. The number of aryl methyl sites for hydroxylation is 1. The van der Waals surface area contributed by atoms with Crippen molar-refractivity contribution in [2.75, 3.05) is 0 Å². The van der Waals surface area contributed by atoms with Crippen LogP contribution in [0.1, 0.15) is 43.9 Å². The summed E-state index contributed by atoms with van der Waals surface area (Å²) >= 11 is 0. The maximum atomic E-state index is 13.6. The third-order valence-electron chi connectivity index (χ3n) is 6.42. The molecule has 41 heavy (non-hydrogen) atoms. The minimum Gasteiger partial charge on any atom is -0.507 e. The second kappa shape index (κ2) is 13.2. The Kier molecular flexibility index (Phi) is 9.45. The molecule has 8 heteroatoms. The maximum absolute atomic E-state index is 13.6. The first-order valence-electron chi connectivity index (χ1n) is 13.6. The molecule has 1 aliphatic heterocycles. The molecule has 1 aliphatic rings. The van der Waals surface area contributed by atoms with Crippen LogP contribution in [-0.2, 0) is 38.5 Å². The summed E-state index contributed by atoms with van der Waals surface area (Å²) in [6.45, 7) is 5.52. The summed E-state index contributed by atoms with van der Waals surface area (Å²) < 4.78 is 16.5. The molecule has 214 valence electrons. The number of esters is 1. The van der Waals surface area contributed by atoms with Crippen LogP contribution in [0.3, 0.4) is 0 Å². The Morgan fingerprint density at radius 2 is 1.51 bits per heavy atom. The molecule has 8 nitrogen and oxygen atoms in total. The Balaban J connectivity index is 1.48. The molecule has 0 radical (unpaired) electrons. The van der Waals surface area contributed by atoms with Crippen molar-refractivity contribution >= 4 is 17.8 Å². The Bertz CT molecular complexity index is 1380. The second-order valence-electron chi connectivity index (χ2n) is 10.9. The zero-order chi connectivity index (χ0) is 29.4. The average molecular weight is 558 g/mol. The van der Waals surface area contributed by atoms with E-state index in [9.17, 15) is 19.5 Å². The van der Waals surface area contributed by atoms with Crippen LogP contribution in [0.25, 0.3) is 0 Å².